The van der Waals surface area contributed by atoms with Crippen molar-refractivity contribution in [2.45, 2.75) is 13.0 Å². The number of halogens is 1. The first-order chi connectivity index (χ1) is 12.7. The molecule has 0 saturated carbocycles. The lowest BCUT2D eigenvalue weighted by Crippen LogP contribution is -2.30. The maximum Gasteiger partial charge on any atom is 0.123 e. The minimum absolute atomic E-state index is 0.204. The second-order valence-electron chi connectivity index (χ2n) is 6.77. The third-order valence-electron chi connectivity index (χ3n) is 4.99. The van der Waals surface area contributed by atoms with Crippen LogP contribution in [-0.2, 0) is 6.54 Å². The number of aromatic amines is 1. The Morgan fingerprint density at radius 1 is 1.04 bits per heavy atom. The minimum Gasteiger partial charge on any atom is -0.369 e. The average molecular weight is 348 g/mol. The van der Waals surface area contributed by atoms with E-state index in [1.165, 1.54) is 6.07 Å². The van der Waals surface area contributed by atoms with Crippen molar-refractivity contribution < 1.29 is 4.39 Å². The number of nitrogens with one attached hydrogen (secondary N) is 1. The van der Waals surface area contributed by atoms with Gasteiger partial charge < -0.3 is 9.88 Å². The summed E-state index contributed by atoms with van der Waals surface area (Å²) >= 11 is 0. The zero-order valence-electron chi connectivity index (χ0n) is 14.6. The Morgan fingerprint density at radius 3 is 2.81 bits per heavy atom. The van der Waals surface area contributed by atoms with Gasteiger partial charge in [-0.2, -0.15) is 5.26 Å². The van der Waals surface area contributed by atoms with E-state index in [4.69, 9.17) is 0 Å². The number of nitrogens with zero attached hydrogens (tertiary/aromatic N) is 3. The monoisotopic (exact) mass is 348 g/mol. The van der Waals surface area contributed by atoms with Gasteiger partial charge in [-0.25, -0.2) is 4.39 Å². The molecule has 0 radical (unpaired) electrons. The summed E-state index contributed by atoms with van der Waals surface area (Å²) in [6.45, 7) is 4.61. The fourth-order valence-corrected chi connectivity index (χ4v) is 3.70. The SMILES string of the molecule is N#Cc1ccccc1N1CCCN(Cc2cc3cc(F)ccc3[nH]2)CC1. The molecule has 26 heavy (non-hydrogen) atoms. The van der Waals surface area contributed by atoms with E-state index in [9.17, 15) is 9.65 Å². The smallest absolute Gasteiger partial charge is 0.123 e. The lowest BCUT2D eigenvalue weighted by Gasteiger charge is -2.24. The number of para-hydroxylation sites is 1. The summed E-state index contributed by atoms with van der Waals surface area (Å²) in [6, 6.07) is 17.0. The topological polar surface area (TPSA) is 46.1 Å². The highest BCUT2D eigenvalue weighted by Gasteiger charge is 2.18. The molecule has 1 fully saturated rings. The molecule has 1 saturated heterocycles. The van der Waals surface area contributed by atoms with Crippen LogP contribution in [0.25, 0.3) is 10.9 Å². The molecule has 1 aromatic heterocycles. The van der Waals surface area contributed by atoms with E-state index in [2.05, 4.69) is 20.9 Å². The number of nitriles is 1. The van der Waals surface area contributed by atoms with Gasteiger partial charge >= 0.3 is 0 Å². The van der Waals surface area contributed by atoms with Gasteiger partial charge in [-0.1, -0.05) is 12.1 Å². The van der Waals surface area contributed by atoms with Crippen molar-refractivity contribution in [3.63, 3.8) is 0 Å². The Balaban J connectivity index is 1.45. The number of H-pyrrole nitrogens is 1. The van der Waals surface area contributed by atoms with E-state index in [0.717, 1.165) is 67.0 Å². The van der Waals surface area contributed by atoms with Crippen LogP contribution in [0.1, 0.15) is 17.7 Å². The molecule has 1 N–H and O–H groups in total. The Hall–Kier alpha value is -2.84. The summed E-state index contributed by atoms with van der Waals surface area (Å²) in [5.74, 6) is -0.204. The summed E-state index contributed by atoms with van der Waals surface area (Å²) in [5, 5.41) is 10.3. The van der Waals surface area contributed by atoms with Crippen LogP contribution in [0.5, 0.6) is 0 Å². The van der Waals surface area contributed by atoms with Crippen LogP contribution in [0, 0.1) is 17.1 Å². The Labute approximate surface area is 152 Å². The van der Waals surface area contributed by atoms with E-state index in [1.54, 1.807) is 12.1 Å². The molecule has 0 amide bonds. The first-order valence-electron chi connectivity index (χ1n) is 8.96. The average Bonchev–Trinajstić information content (AvgIpc) is 2.90. The highest BCUT2D eigenvalue weighted by molar-refractivity contribution is 5.80. The third kappa shape index (κ3) is 3.42. The fourth-order valence-electron chi connectivity index (χ4n) is 3.70. The predicted octanol–water partition coefficient (Wildman–Crippen LogP) is 3.89. The summed E-state index contributed by atoms with van der Waals surface area (Å²) in [4.78, 5) is 8.10. The second kappa shape index (κ2) is 7.19. The summed E-state index contributed by atoms with van der Waals surface area (Å²) < 4.78 is 13.4. The van der Waals surface area contributed by atoms with Gasteiger partial charge in [-0.05, 0) is 42.8 Å². The standard InChI is InChI=1S/C21H21FN4/c22-18-6-7-20-17(12-18)13-19(24-20)15-25-8-3-9-26(11-10-25)21-5-2-1-4-16(21)14-23/h1-2,4-7,12-13,24H,3,8-11,15H2. The van der Waals surface area contributed by atoms with Gasteiger partial charge in [0.25, 0.3) is 0 Å². The Kier molecular flexibility index (Phi) is 4.59. The van der Waals surface area contributed by atoms with Crippen molar-refractivity contribution >= 4 is 16.6 Å². The van der Waals surface area contributed by atoms with Crippen molar-refractivity contribution in [3.05, 3.63) is 65.6 Å². The second-order valence-corrected chi connectivity index (χ2v) is 6.77. The molecule has 0 atom stereocenters. The van der Waals surface area contributed by atoms with E-state index >= 15 is 0 Å². The maximum atomic E-state index is 13.4. The molecule has 2 aromatic carbocycles. The number of hydrogen-bond acceptors (Lipinski definition) is 3. The molecule has 0 bridgehead atoms. The number of rotatable bonds is 3. The van der Waals surface area contributed by atoms with Gasteiger partial charge in [-0.15, -0.1) is 0 Å². The summed E-state index contributed by atoms with van der Waals surface area (Å²) in [5.41, 5.74) is 3.84. The highest BCUT2D eigenvalue weighted by Crippen LogP contribution is 2.22. The van der Waals surface area contributed by atoms with E-state index in [1.807, 2.05) is 30.3 Å². The molecule has 5 heteroatoms. The van der Waals surface area contributed by atoms with Crippen LogP contribution in [0.2, 0.25) is 0 Å². The largest absolute Gasteiger partial charge is 0.369 e. The van der Waals surface area contributed by atoms with Crippen molar-refractivity contribution in [1.29, 1.82) is 5.26 Å². The number of hydrogen-bond donors (Lipinski definition) is 1. The zero-order chi connectivity index (χ0) is 17.9. The van der Waals surface area contributed by atoms with Crippen molar-refractivity contribution in [1.82, 2.24) is 9.88 Å². The minimum atomic E-state index is -0.204. The molecule has 1 aliphatic heterocycles. The normalized spacial score (nSPS) is 15.8. The van der Waals surface area contributed by atoms with E-state index in [-0.39, 0.29) is 5.82 Å². The van der Waals surface area contributed by atoms with Crippen LogP contribution in [-0.4, -0.2) is 36.1 Å². The number of fused-ring (bicyclic) bond motifs is 1. The first-order valence-corrected chi connectivity index (χ1v) is 8.96. The third-order valence-corrected chi connectivity index (χ3v) is 4.99. The molecule has 0 spiro atoms. The molecule has 4 nitrogen and oxygen atoms in total. The molecule has 2 heterocycles. The van der Waals surface area contributed by atoms with Crippen molar-refractivity contribution in [3.8, 4) is 6.07 Å². The summed E-state index contributed by atoms with van der Waals surface area (Å²) in [7, 11) is 0. The number of anilines is 1. The quantitative estimate of drug-likeness (QED) is 0.781. The molecule has 0 unspecified atom stereocenters. The lowest BCUT2D eigenvalue weighted by atomic mass is 10.1. The van der Waals surface area contributed by atoms with Gasteiger partial charge in [0.05, 0.1) is 11.3 Å². The molecule has 0 aliphatic carbocycles. The lowest BCUT2D eigenvalue weighted by molar-refractivity contribution is 0.283. The summed E-state index contributed by atoms with van der Waals surface area (Å²) in [6.07, 6.45) is 1.05. The van der Waals surface area contributed by atoms with Gasteiger partial charge in [-0.3, -0.25) is 4.90 Å². The first kappa shape index (κ1) is 16.6. The van der Waals surface area contributed by atoms with Crippen LogP contribution < -0.4 is 4.90 Å². The van der Waals surface area contributed by atoms with Crippen LogP contribution in [0.3, 0.4) is 0 Å². The van der Waals surface area contributed by atoms with Gasteiger partial charge in [0.1, 0.15) is 11.9 Å². The molecular formula is C21H21FN4. The molecule has 4 rings (SSSR count). The van der Waals surface area contributed by atoms with E-state index in [0.29, 0.717) is 0 Å². The van der Waals surface area contributed by atoms with Crippen molar-refractivity contribution in [2.24, 2.45) is 0 Å². The maximum absolute atomic E-state index is 13.4. The molecule has 1 aliphatic rings. The fraction of sp³-hybridized carbons (Fsp3) is 0.286. The number of benzene rings is 2. The van der Waals surface area contributed by atoms with Crippen LogP contribution in [0.4, 0.5) is 10.1 Å². The van der Waals surface area contributed by atoms with Gasteiger partial charge in [0, 0.05) is 49.3 Å². The molecule has 132 valence electrons. The molecule has 3 aromatic rings. The van der Waals surface area contributed by atoms with Crippen LogP contribution >= 0.6 is 0 Å². The zero-order valence-corrected chi connectivity index (χ0v) is 14.6. The molecular weight excluding hydrogens is 327 g/mol. The van der Waals surface area contributed by atoms with Gasteiger partial charge in [0.2, 0.25) is 0 Å². The highest BCUT2D eigenvalue weighted by atomic mass is 19.1. The van der Waals surface area contributed by atoms with E-state index < -0.39 is 0 Å². The van der Waals surface area contributed by atoms with Crippen LogP contribution in [0.15, 0.2) is 48.5 Å². The Bertz CT molecular complexity index is 956. The van der Waals surface area contributed by atoms with Crippen molar-refractivity contribution in [2.75, 3.05) is 31.1 Å². The number of aromatic nitrogens is 1. The van der Waals surface area contributed by atoms with Gasteiger partial charge in [0.15, 0.2) is 0 Å². The predicted molar refractivity (Wildman–Crippen MR) is 102 cm³/mol. The Morgan fingerprint density at radius 2 is 1.92 bits per heavy atom.